The number of imidazole rings is 1. The Kier molecular flexibility index (Phi) is 1.46. The Bertz CT molecular complexity index is 341. The molecule has 2 aromatic rings. The van der Waals surface area contributed by atoms with Crippen LogP contribution in [0.5, 0.6) is 0 Å². The molecule has 2 aromatic heterocycles. The van der Waals surface area contributed by atoms with Crippen LogP contribution >= 0.6 is 11.3 Å². The Morgan fingerprint density at radius 2 is 2.36 bits per heavy atom. The van der Waals surface area contributed by atoms with E-state index in [4.69, 9.17) is 0 Å². The van der Waals surface area contributed by atoms with Crippen molar-refractivity contribution >= 4 is 16.3 Å². The van der Waals surface area contributed by atoms with E-state index >= 15 is 0 Å². The smallest absolute Gasteiger partial charge is 0.194 e. The molecule has 2 heterocycles. The van der Waals surface area contributed by atoms with Gasteiger partial charge in [-0.2, -0.15) is 0 Å². The molecule has 0 N–H and O–H groups in total. The first-order valence-electron chi connectivity index (χ1n) is 3.73. The number of hydrogen-bond acceptors (Lipinski definition) is 2. The quantitative estimate of drug-likeness (QED) is 0.635. The molecule has 2 rings (SSSR count). The molecule has 0 fully saturated rings. The molecule has 58 valence electrons. The van der Waals surface area contributed by atoms with Gasteiger partial charge in [0.25, 0.3) is 0 Å². The first kappa shape index (κ1) is 6.85. The van der Waals surface area contributed by atoms with Gasteiger partial charge in [0, 0.05) is 17.3 Å². The number of hydrogen-bond donors (Lipinski definition) is 0. The molecule has 2 nitrogen and oxygen atoms in total. The van der Waals surface area contributed by atoms with Crippen molar-refractivity contribution in [1.29, 1.82) is 0 Å². The molecule has 0 aliphatic rings. The summed E-state index contributed by atoms with van der Waals surface area (Å²) in [6.07, 6.45) is 5.23. The van der Waals surface area contributed by atoms with Gasteiger partial charge in [-0.3, -0.25) is 4.40 Å². The summed E-state index contributed by atoms with van der Waals surface area (Å²) < 4.78 is 2.10. The lowest BCUT2D eigenvalue weighted by molar-refractivity contribution is 1.07. The highest BCUT2D eigenvalue weighted by atomic mass is 32.1. The second kappa shape index (κ2) is 2.34. The SMILES string of the molecule is CCc1cn2cc(C)sc2n1. The van der Waals surface area contributed by atoms with Crippen molar-refractivity contribution in [3.05, 3.63) is 23.0 Å². The molecule has 0 atom stereocenters. The number of aryl methyl sites for hydroxylation is 2. The molecule has 0 aliphatic heterocycles. The van der Waals surface area contributed by atoms with Gasteiger partial charge in [-0.25, -0.2) is 4.98 Å². The lowest BCUT2D eigenvalue weighted by atomic mass is 10.4. The van der Waals surface area contributed by atoms with Gasteiger partial charge in [0.2, 0.25) is 0 Å². The summed E-state index contributed by atoms with van der Waals surface area (Å²) >= 11 is 1.74. The minimum absolute atomic E-state index is 1.02. The normalized spacial score (nSPS) is 11.1. The van der Waals surface area contributed by atoms with E-state index in [9.17, 15) is 0 Å². The van der Waals surface area contributed by atoms with Crippen molar-refractivity contribution in [2.24, 2.45) is 0 Å². The number of thiazole rings is 1. The van der Waals surface area contributed by atoms with Crippen molar-refractivity contribution in [3.8, 4) is 0 Å². The van der Waals surface area contributed by atoms with E-state index in [1.165, 1.54) is 10.6 Å². The third kappa shape index (κ3) is 1.05. The van der Waals surface area contributed by atoms with Crippen molar-refractivity contribution < 1.29 is 0 Å². The lowest BCUT2D eigenvalue weighted by Gasteiger charge is -1.80. The molecule has 0 saturated heterocycles. The lowest BCUT2D eigenvalue weighted by Crippen LogP contribution is -1.75. The molecular formula is C8H10N2S. The summed E-state index contributed by atoms with van der Waals surface area (Å²) in [4.78, 5) is 6.86. The first-order chi connectivity index (χ1) is 5.29. The number of nitrogens with zero attached hydrogens (tertiary/aromatic N) is 2. The van der Waals surface area contributed by atoms with Crippen LogP contribution in [0.2, 0.25) is 0 Å². The molecule has 0 saturated carbocycles. The predicted molar refractivity (Wildman–Crippen MR) is 47.2 cm³/mol. The van der Waals surface area contributed by atoms with Gasteiger partial charge >= 0.3 is 0 Å². The van der Waals surface area contributed by atoms with Gasteiger partial charge in [0.1, 0.15) is 0 Å². The molecule has 0 amide bonds. The van der Waals surface area contributed by atoms with E-state index in [1.807, 2.05) is 0 Å². The standard InChI is InChI=1S/C8H10N2S/c1-3-7-5-10-4-6(2)11-8(10)9-7/h4-5H,3H2,1-2H3. The first-order valence-corrected chi connectivity index (χ1v) is 4.55. The van der Waals surface area contributed by atoms with Crippen LogP contribution in [0.25, 0.3) is 4.96 Å². The molecule has 3 heteroatoms. The maximum atomic E-state index is 4.43. The molecular weight excluding hydrogens is 156 g/mol. The summed E-state index contributed by atoms with van der Waals surface area (Å²) in [6.45, 7) is 4.23. The maximum Gasteiger partial charge on any atom is 0.194 e. The van der Waals surface area contributed by atoms with Gasteiger partial charge in [0.05, 0.1) is 5.69 Å². The van der Waals surface area contributed by atoms with E-state index in [0.29, 0.717) is 0 Å². The zero-order valence-corrected chi connectivity index (χ0v) is 7.48. The van der Waals surface area contributed by atoms with Crippen molar-refractivity contribution in [2.75, 3.05) is 0 Å². The van der Waals surface area contributed by atoms with Gasteiger partial charge < -0.3 is 0 Å². The second-order valence-corrected chi connectivity index (χ2v) is 3.83. The Balaban J connectivity index is 2.64. The van der Waals surface area contributed by atoms with Crippen molar-refractivity contribution in [3.63, 3.8) is 0 Å². The average molecular weight is 166 g/mol. The summed E-state index contributed by atoms with van der Waals surface area (Å²) in [5.74, 6) is 0. The molecule has 0 aromatic carbocycles. The molecule has 0 unspecified atom stereocenters. The third-order valence-electron chi connectivity index (χ3n) is 1.68. The second-order valence-electron chi connectivity index (χ2n) is 2.62. The van der Waals surface area contributed by atoms with Crippen molar-refractivity contribution in [2.45, 2.75) is 20.3 Å². The van der Waals surface area contributed by atoms with E-state index in [2.05, 4.69) is 35.6 Å². The average Bonchev–Trinajstić information content (AvgIpc) is 2.43. The summed E-state index contributed by atoms with van der Waals surface area (Å²) in [5, 5.41) is 0. The van der Waals surface area contributed by atoms with Gasteiger partial charge in [-0.15, -0.1) is 11.3 Å². The Morgan fingerprint density at radius 1 is 1.55 bits per heavy atom. The molecule has 11 heavy (non-hydrogen) atoms. The highest BCUT2D eigenvalue weighted by Gasteiger charge is 2.01. The van der Waals surface area contributed by atoms with Crippen LogP contribution in [0, 0.1) is 6.92 Å². The summed E-state index contributed by atoms with van der Waals surface area (Å²) in [6, 6.07) is 0. The molecule has 0 radical (unpaired) electrons. The fourth-order valence-corrected chi connectivity index (χ4v) is 1.96. The van der Waals surface area contributed by atoms with Crippen LogP contribution in [0.1, 0.15) is 17.5 Å². The highest BCUT2D eigenvalue weighted by molar-refractivity contribution is 7.16. The van der Waals surface area contributed by atoms with Gasteiger partial charge in [-0.05, 0) is 13.3 Å². The Hall–Kier alpha value is -0.830. The monoisotopic (exact) mass is 166 g/mol. The Labute approximate surface area is 69.5 Å². The van der Waals surface area contributed by atoms with E-state index in [-0.39, 0.29) is 0 Å². The molecule has 0 bridgehead atoms. The minimum atomic E-state index is 1.02. The fraction of sp³-hybridized carbons (Fsp3) is 0.375. The predicted octanol–water partition coefficient (Wildman–Crippen LogP) is 2.27. The van der Waals surface area contributed by atoms with E-state index in [1.54, 1.807) is 11.3 Å². The summed E-state index contributed by atoms with van der Waals surface area (Å²) in [5.41, 5.74) is 1.18. The fourth-order valence-electron chi connectivity index (χ4n) is 1.13. The zero-order valence-electron chi connectivity index (χ0n) is 6.66. The number of rotatable bonds is 1. The maximum absolute atomic E-state index is 4.43. The third-order valence-corrected chi connectivity index (χ3v) is 2.60. The highest BCUT2D eigenvalue weighted by Crippen LogP contribution is 2.16. The topological polar surface area (TPSA) is 17.3 Å². The zero-order chi connectivity index (χ0) is 7.84. The van der Waals surface area contributed by atoms with Crippen molar-refractivity contribution in [1.82, 2.24) is 9.38 Å². The van der Waals surface area contributed by atoms with Crippen LogP contribution in [0.4, 0.5) is 0 Å². The van der Waals surface area contributed by atoms with Gasteiger partial charge in [-0.1, -0.05) is 6.92 Å². The molecule has 0 aliphatic carbocycles. The number of fused-ring (bicyclic) bond motifs is 1. The van der Waals surface area contributed by atoms with Crippen LogP contribution in [0.3, 0.4) is 0 Å². The number of aromatic nitrogens is 2. The van der Waals surface area contributed by atoms with Crippen LogP contribution in [-0.2, 0) is 6.42 Å². The van der Waals surface area contributed by atoms with E-state index in [0.717, 1.165) is 11.4 Å². The molecule has 0 spiro atoms. The summed E-state index contributed by atoms with van der Waals surface area (Å²) in [7, 11) is 0. The van der Waals surface area contributed by atoms with Crippen LogP contribution in [0.15, 0.2) is 12.4 Å². The van der Waals surface area contributed by atoms with Crippen LogP contribution < -0.4 is 0 Å². The van der Waals surface area contributed by atoms with Gasteiger partial charge in [0.15, 0.2) is 4.96 Å². The van der Waals surface area contributed by atoms with Crippen LogP contribution in [-0.4, -0.2) is 9.38 Å². The minimum Gasteiger partial charge on any atom is -0.297 e. The Morgan fingerprint density at radius 3 is 3.00 bits per heavy atom. The largest absolute Gasteiger partial charge is 0.297 e. The van der Waals surface area contributed by atoms with E-state index < -0.39 is 0 Å².